The van der Waals surface area contributed by atoms with Crippen molar-refractivity contribution in [1.29, 1.82) is 0 Å². The third kappa shape index (κ3) is 3.03. The van der Waals surface area contributed by atoms with E-state index in [4.69, 9.17) is 4.74 Å². The van der Waals surface area contributed by atoms with Crippen molar-refractivity contribution in [2.24, 2.45) is 0 Å². The standard InChI is InChI=1S/C22H21N5O5/c1-32-16-7-2-13-11-26(18(28)17(13)10-16)12-22(19(29)24-20(30)25-22)14-3-5-15(6-4-14)27-9-8-23-21(27)31/h2-7,10H,8-9,11-12H2,1H3,(H,23,31)(H2,24,25,29,30)/t22-/m0/s1. The molecule has 2 saturated heterocycles. The van der Waals surface area contributed by atoms with Crippen LogP contribution in [0.25, 0.3) is 0 Å². The molecule has 3 N–H and O–H groups in total. The lowest BCUT2D eigenvalue weighted by Crippen LogP contribution is -2.52. The lowest BCUT2D eigenvalue weighted by molar-refractivity contribution is -0.124. The van der Waals surface area contributed by atoms with Gasteiger partial charge in [0, 0.05) is 30.9 Å². The summed E-state index contributed by atoms with van der Waals surface area (Å²) >= 11 is 0. The Labute approximate surface area is 183 Å². The van der Waals surface area contributed by atoms with Crippen LogP contribution in [0.4, 0.5) is 15.3 Å². The minimum atomic E-state index is -1.44. The lowest BCUT2D eigenvalue weighted by Gasteiger charge is -2.31. The first-order valence-electron chi connectivity index (χ1n) is 10.2. The van der Waals surface area contributed by atoms with E-state index in [1.54, 1.807) is 41.3 Å². The third-order valence-electron chi connectivity index (χ3n) is 6.09. The molecule has 10 nitrogen and oxygen atoms in total. The van der Waals surface area contributed by atoms with Gasteiger partial charge in [0.05, 0.1) is 13.7 Å². The molecule has 2 aromatic rings. The number of amides is 6. The van der Waals surface area contributed by atoms with Crippen molar-refractivity contribution in [3.05, 3.63) is 59.2 Å². The van der Waals surface area contributed by atoms with Crippen LogP contribution in [0.15, 0.2) is 42.5 Å². The van der Waals surface area contributed by atoms with E-state index in [1.807, 2.05) is 6.07 Å². The lowest BCUT2D eigenvalue weighted by atomic mass is 9.89. The van der Waals surface area contributed by atoms with Gasteiger partial charge in [-0.2, -0.15) is 0 Å². The van der Waals surface area contributed by atoms with E-state index in [0.717, 1.165) is 5.56 Å². The van der Waals surface area contributed by atoms with Gasteiger partial charge in [0.15, 0.2) is 5.54 Å². The molecule has 1 atom stereocenters. The summed E-state index contributed by atoms with van der Waals surface area (Å²) in [6, 6.07) is 11.3. The minimum absolute atomic E-state index is 0.0377. The Hall–Kier alpha value is -4.08. The average Bonchev–Trinajstić information content (AvgIpc) is 3.44. The highest BCUT2D eigenvalue weighted by atomic mass is 16.5. The number of hydrogen-bond acceptors (Lipinski definition) is 5. The molecule has 0 bridgehead atoms. The number of methoxy groups -OCH3 is 1. The molecule has 0 unspecified atom stereocenters. The highest BCUT2D eigenvalue weighted by molar-refractivity contribution is 6.08. The maximum absolute atomic E-state index is 13.1. The van der Waals surface area contributed by atoms with Gasteiger partial charge < -0.3 is 20.3 Å². The number of anilines is 1. The van der Waals surface area contributed by atoms with Crippen LogP contribution in [-0.2, 0) is 16.9 Å². The van der Waals surface area contributed by atoms with Gasteiger partial charge in [0.25, 0.3) is 11.8 Å². The fraction of sp³-hybridized carbons (Fsp3) is 0.273. The Bertz CT molecular complexity index is 1150. The van der Waals surface area contributed by atoms with Crippen molar-refractivity contribution >= 4 is 29.6 Å². The molecule has 3 aliphatic heterocycles. The summed E-state index contributed by atoms with van der Waals surface area (Å²) in [6.45, 7) is 1.38. The molecule has 2 fully saturated rings. The van der Waals surface area contributed by atoms with E-state index >= 15 is 0 Å². The molecule has 10 heteroatoms. The van der Waals surface area contributed by atoms with Crippen molar-refractivity contribution in [1.82, 2.24) is 20.9 Å². The second-order valence-electron chi connectivity index (χ2n) is 7.93. The van der Waals surface area contributed by atoms with E-state index in [0.29, 0.717) is 42.2 Å². The van der Waals surface area contributed by atoms with Crippen LogP contribution in [0.2, 0.25) is 0 Å². The number of hydrogen-bond donors (Lipinski definition) is 3. The zero-order valence-corrected chi connectivity index (χ0v) is 17.3. The molecule has 164 valence electrons. The number of ether oxygens (including phenoxy) is 1. The second kappa shape index (κ2) is 7.26. The maximum atomic E-state index is 13.1. The van der Waals surface area contributed by atoms with E-state index in [2.05, 4.69) is 16.0 Å². The summed E-state index contributed by atoms with van der Waals surface area (Å²) < 4.78 is 5.21. The fourth-order valence-electron chi connectivity index (χ4n) is 4.42. The Balaban J connectivity index is 1.46. The normalized spacial score (nSPS) is 22.0. The van der Waals surface area contributed by atoms with E-state index in [-0.39, 0.29) is 18.5 Å². The molecule has 0 saturated carbocycles. The van der Waals surface area contributed by atoms with Crippen molar-refractivity contribution in [3.63, 3.8) is 0 Å². The van der Waals surface area contributed by atoms with Crippen LogP contribution in [0.3, 0.4) is 0 Å². The van der Waals surface area contributed by atoms with Gasteiger partial charge in [-0.25, -0.2) is 9.59 Å². The summed E-state index contributed by atoms with van der Waals surface area (Å²) in [5, 5.41) is 7.75. The summed E-state index contributed by atoms with van der Waals surface area (Å²) in [6.07, 6.45) is 0. The molecule has 0 aromatic heterocycles. The van der Waals surface area contributed by atoms with Crippen molar-refractivity contribution in [2.45, 2.75) is 12.1 Å². The Morgan fingerprint density at radius 2 is 1.84 bits per heavy atom. The molecule has 2 aromatic carbocycles. The van der Waals surface area contributed by atoms with E-state index in [1.165, 1.54) is 12.0 Å². The largest absolute Gasteiger partial charge is 0.497 e. The number of urea groups is 2. The number of nitrogens with one attached hydrogen (secondary N) is 3. The molecule has 0 radical (unpaired) electrons. The fourth-order valence-corrected chi connectivity index (χ4v) is 4.42. The zero-order valence-electron chi connectivity index (χ0n) is 17.3. The quantitative estimate of drug-likeness (QED) is 0.603. The molecule has 0 aliphatic carbocycles. The summed E-state index contributed by atoms with van der Waals surface area (Å²) in [7, 11) is 1.53. The van der Waals surface area contributed by atoms with Gasteiger partial charge in [-0.3, -0.25) is 19.8 Å². The van der Waals surface area contributed by atoms with Crippen LogP contribution >= 0.6 is 0 Å². The summed E-state index contributed by atoms with van der Waals surface area (Å²) in [5.41, 5.74) is 1.10. The SMILES string of the molecule is COc1ccc2c(c1)C(=O)N(C[C@@]1(c3ccc(N4CCNC4=O)cc3)NC(=O)NC1=O)C2. The highest BCUT2D eigenvalue weighted by Crippen LogP contribution is 2.33. The molecule has 0 spiro atoms. The van der Waals surface area contributed by atoms with Gasteiger partial charge in [-0.1, -0.05) is 18.2 Å². The third-order valence-corrected chi connectivity index (χ3v) is 6.09. The molecular formula is C22H21N5O5. The van der Waals surface area contributed by atoms with Crippen molar-refractivity contribution in [2.75, 3.05) is 31.6 Å². The minimum Gasteiger partial charge on any atom is -0.497 e. The van der Waals surface area contributed by atoms with Gasteiger partial charge in [0.1, 0.15) is 5.75 Å². The topological polar surface area (TPSA) is 120 Å². The van der Waals surface area contributed by atoms with Crippen LogP contribution in [0.1, 0.15) is 21.5 Å². The van der Waals surface area contributed by atoms with Crippen LogP contribution in [0.5, 0.6) is 5.75 Å². The predicted octanol–water partition coefficient (Wildman–Crippen LogP) is 0.915. The smallest absolute Gasteiger partial charge is 0.322 e. The number of rotatable bonds is 5. The molecule has 5 rings (SSSR count). The highest BCUT2D eigenvalue weighted by Gasteiger charge is 2.50. The number of nitrogens with zero attached hydrogens (tertiary/aromatic N) is 2. The molecule has 6 amide bonds. The monoisotopic (exact) mass is 435 g/mol. The first-order chi connectivity index (χ1) is 15.4. The van der Waals surface area contributed by atoms with Crippen LogP contribution < -0.4 is 25.6 Å². The Morgan fingerprint density at radius 3 is 2.47 bits per heavy atom. The van der Waals surface area contributed by atoms with Gasteiger partial charge >= 0.3 is 12.1 Å². The Kier molecular flexibility index (Phi) is 4.50. The number of carbonyl (C=O) groups is 4. The summed E-state index contributed by atoms with van der Waals surface area (Å²) in [5.74, 6) is -0.199. The number of carbonyl (C=O) groups excluding carboxylic acids is 4. The number of fused-ring (bicyclic) bond motifs is 1. The first-order valence-corrected chi connectivity index (χ1v) is 10.2. The van der Waals surface area contributed by atoms with E-state index < -0.39 is 17.5 Å². The van der Waals surface area contributed by atoms with Crippen molar-refractivity contribution in [3.8, 4) is 5.75 Å². The number of imide groups is 1. The van der Waals surface area contributed by atoms with Gasteiger partial charge in [0.2, 0.25) is 0 Å². The van der Waals surface area contributed by atoms with Crippen LogP contribution in [0, 0.1) is 0 Å². The molecule has 32 heavy (non-hydrogen) atoms. The van der Waals surface area contributed by atoms with Crippen LogP contribution in [-0.4, -0.2) is 55.5 Å². The van der Waals surface area contributed by atoms with Gasteiger partial charge in [-0.05, 0) is 35.4 Å². The van der Waals surface area contributed by atoms with E-state index in [9.17, 15) is 19.2 Å². The molecular weight excluding hydrogens is 414 g/mol. The Morgan fingerprint density at radius 1 is 1.06 bits per heavy atom. The molecule has 3 heterocycles. The zero-order chi connectivity index (χ0) is 22.5. The second-order valence-corrected chi connectivity index (χ2v) is 7.93. The molecule has 3 aliphatic rings. The van der Waals surface area contributed by atoms with Crippen molar-refractivity contribution < 1.29 is 23.9 Å². The average molecular weight is 435 g/mol. The maximum Gasteiger partial charge on any atom is 0.322 e. The predicted molar refractivity (Wildman–Crippen MR) is 113 cm³/mol. The number of benzene rings is 2. The first kappa shape index (κ1) is 19.9. The summed E-state index contributed by atoms with van der Waals surface area (Å²) in [4.78, 5) is 53.2. The van der Waals surface area contributed by atoms with Gasteiger partial charge in [-0.15, -0.1) is 0 Å².